The van der Waals surface area contributed by atoms with Crippen molar-refractivity contribution >= 4 is 35.2 Å². The third kappa shape index (κ3) is 4.75. The molecule has 1 saturated heterocycles. The Kier molecular flexibility index (Phi) is 6.08. The van der Waals surface area contributed by atoms with Gasteiger partial charge in [0.15, 0.2) is 5.78 Å². The normalized spacial score (nSPS) is 16.8. The van der Waals surface area contributed by atoms with E-state index in [1.54, 1.807) is 12.2 Å². The Balaban J connectivity index is 1.57. The van der Waals surface area contributed by atoms with Crippen molar-refractivity contribution < 1.29 is 9.90 Å². The average Bonchev–Trinajstić information content (AvgIpc) is 2.73. The van der Waals surface area contributed by atoms with Crippen LogP contribution < -0.4 is 10.2 Å². The van der Waals surface area contributed by atoms with Crippen LogP contribution in [0.3, 0.4) is 0 Å². The Morgan fingerprint density at radius 2 is 1.97 bits per heavy atom. The Morgan fingerprint density at radius 3 is 2.72 bits per heavy atom. The molecule has 1 aromatic carbocycles. The van der Waals surface area contributed by atoms with Crippen LogP contribution in [0.2, 0.25) is 5.02 Å². The minimum Gasteiger partial charge on any atom is -0.395 e. The van der Waals surface area contributed by atoms with Gasteiger partial charge < -0.3 is 15.3 Å². The van der Waals surface area contributed by atoms with E-state index < -0.39 is 0 Å². The SMILES string of the molecule is O=C1C=Cc2nc(N3CCN(CCO)CC3)nc(NCc3cccc(Cl)c3)c2C1. The maximum atomic E-state index is 12.0. The largest absolute Gasteiger partial charge is 0.395 e. The molecule has 0 amide bonds. The van der Waals surface area contributed by atoms with Gasteiger partial charge >= 0.3 is 0 Å². The summed E-state index contributed by atoms with van der Waals surface area (Å²) in [5.41, 5.74) is 2.67. The zero-order valence-electron chi connectivity index (χ0n) is 16.1. The summed E-state index contributed by atoms with van der Waals surface area (Å²) in [7, 11) is 0. The van der Waals surface area contributed by atoms with Crippen LogP contribution in [0.4, 0.5) is 11.8 Å². The first kappa shape index (κ1) is 19.8. The van der Waals surface area contributed by atoms with Gasteiger partial charge in [-0.05, 0) is 29.8 Å². The van der Waals surface area contributed by atoms with Gasteiger partial charge in [0.1, 0.15) is 5.82 Å². The Hall–Kier alpha value is -2.48. The Bertz CT molecular complexity index is 925. The summed E-state index contributed by atoms with van der Waals surface area (Å²) in [6.45, 7) is 4.75. The molecular formula is C21H24ClN5O2. The number of benzene rings is 1. The monoisotopic (exact) mass is 413 g/mol. The lowest BCUT2D eigenvalue weighted by Crippen LogP contribution is -2.47. The molecule has 0 spiro atoms. The molecule has 152 valence electrons. The van der Waals surface area contributed by atoms with Crippen LogP contribution in [0.15, 0.2) is 30.3 Å². The minimum atomic E-state index is 0.0530. The van der Waals surface area contributed by atoms with Crippen LogP contribution in [0, 0.1) is 0 Å². The molecule has 2 aromatic rings. The van der Waals surface area contributed by atoms with Gasteiger partial charge in [0.2, 0.25) is 5.95 Å². The van der Waals surface area contributed by atoms with Crippen molar-refractivity contribution in [2.24, 2.45) is 0 Å². The van der Waals surface area contributed by atoms with E-state index in [1.807, 2.05) is 24.3 Å². The predicted molar refractivity (Wildman–Crippen MR) is 114 cm³/mol. The highest BCUT2D eigenvalue weighted by Gasteiger charge is 2.23. The smallest absolute Gasteiger partial charge is 0.227 e. The average molecular weight is 414 g/mol. The van der Waals surface area contributed by atoms with Gasteiger partial charge in [0.05, 0.1) is 12.3 Å². The van der Waals surface area contributed by atoms with E-state index in [0.717, 1.165) is 43.0 Å². The summed E-state index contributed by atoms with van der Waals surface area (Å²) in [4.78, 5) is 25.8. The highest BCUT2D eigenvalue weighted by molar-refractivity contribution is 6.30. The Morgan fingerprint density at radius 1 is 1.14 bits per heavy atom. The first-order valence-corrected chi connectivity index (χ1v) is 10.2. The van der Waals surface area contributed by atoms with Crippen molar-refractivity contribution in [1.82, 2.24) is 14.9 Å². The van der Waals surface area contributed by atoms with Gasteiger partial charge in [0, 0.05) is 56.3 Å². The summed E-state index contributed by atoms with van der Waals surface area (Å²) in [6.07, 6.45) is 3.66. The molecule has 0 saturated carbocycles. The van der Waals surface area contributed by atoms with Crippen LogP contribution in [0.1, 0.15) is 16.8 Å². The maximum absolute atomic E-state index is 12.0. The van der Waals surface area contributed by atoms with Gasteiger partial charge in [-0.2, -0.15) is 4.98 Å². The Labute approximate surface area is 175 Å². The van der Waals surface area contributed by atoms with E-state index >= 15 is 0 Å². The van der Waals surface area contributed by atoms with E-state index in [1.165, 1.54) is 0 Å². The predicted octanol–water partition coefficient (Wildman–Crippen LogP) is 1.99. The molecule has 1 aliphatic carbocycles. The molecule has 29 heavy (non-hydrogen) atoms. The molecule has 0 bridgehead atoms. The minimum absolute atomic E-state index is 0.0530. The standard InChI is InChI=1S/C21H24ClN5O2/c22-16-3-1-2-15(12-16)14-23-20-18-13-17(29)4-5-19(18)24-21(25-20)27-8-6-26(7-9-27)10-11-28/h1-5,12,28H,6-11,13-14H2,(H,23,24,25). The molecule has 0 radical (unpaired) electrons. The lowest BCUT2D eigenvalue weighted by molar-refractivity contribution is -0.114. The number of allylic oxidation sites excluding steroid dienone is 1. The highest BCUT2D eigenvalue weighted by Crippen LogP contribution is 2.26. The van der Waals surface area contributed by atoms with E-state index in [4.69, 9.17) is 26.7 Å². The number of aliphatic hydroxyl groups is 1. The fraction of sp³-hybridized carbons (Fsp3) is 0.381. The molecule has 1 aromatic heterocycles. The van der Waals surface area contributed by atoms with Crippen molar-refractivity contribution in [3.63, 3.8) is 0 Å². The molecule has 2 aliphatic rings. The van der Waals surface area contributed by atoms with Crippen molar-refractivity contribution in [1.29, 1.82) is 0 Å². The summed E-state index contributed by atoms with van der Waals surface area (Å²) >= 11 is 6.09. The molecule has 1 aliphatic heterocycles. The zero-order valence-corrected chi connectivity index (χ0v) is 16.9. The number of aliphatic hydroxyl groups excluding tert-OH is 1. The van der Waals surface area contributed by atoms with Crippen molar-refractivity contribution in [3.05, 3.63) is 52.2 Å². The van der Waals surface area contributed by atoms with Gasteiger partial charge in [-0.15, -0.1) is 0 Å². The number of nitrogens with one attached hydrogen (secondary N) is 1. The first-order valence-electron chi connectivity index (χ1n) is 9.80. The number of nitrogens with zero attached hydrogens (tertiary/aromatic N) is 4. The van der Waals surface area contributed by atoms with E-state index in [9.17, 15) is 4.79 Å². The lowest BCUT2D eigenvalue weighted by Gasteiger charge is -2.34. The van der Waals surface area contributed by atoms with E-state index in [2.05, 4.69) is 15.1 Å². The molecule has 2 N–H and O–H groups in total. The van der Waals surface area contributed by atoms with Crippen LogP contribution in [0.5, 0.6) is 0 Å². The number of aromatic nitrogens is 2. The van der Waals surface area contributed by atoms with Crippen molar-refractivity contribution in [2.75, 3.05) is 49.5 Å². The number of rotatable bonds is 6. The number of hydrogen-bond donors (Lipinski definition) is 2. The molecule has 0 unspecified atom stereocenters. The number of piperazine rings is 1. The number of carbonyl (C=O) groups is 1. The van der Waals surface area contributed by atoms with Gasteiger partial charge in [-0.25, -0.2) is 4.98 Å². The number of halogens is 1. The van der Waals surface area contributed by atoms with E-state index in [-0.39, 0.29) is 12.4 Å². The summed E-state index contributed by atoms with van der Waals surface area (Å²) in [6, 6.07) is 7.67. The second kappa shape index (κ2) is 8.90. The lowest BCUT2D eigenvalue weighted by atomic mass is 10.0. The molecule has 8 heteroatoms. The number of ketones is 1. The quantitative estimate of drug-likeness (QED) is 0.749. The molecule has 0 atom stereocenters. The topological polar surface area (TPSA) is 81.6 Å². The van der Waals surface area contributed by atoms with Crippen molar-refractivity contribution in [3.8, 4) is 0 Å². The zero-order chi connectivity index (χ0) is 20.2. The number of anilines is 2. The van der Waals surface area contributed by atoms with Crippen LogP contribution in [0.25, 0.3) is 6.08 Å². The maximum Gasteiger partial charge on any atom is 0.227 e. The van der Waals surface area contributed by atoms with Crippen LogP contribution >= 0.6 is 11.6 Å². The summed E-state index contributed by atoms with van der Waals surface area (Å²) < 4.78 is 0. The van der Waals surface area contributed by atoms with E-state index in [0.29, 0.717) is 36.3 Å². The van der Waals surface area contributed by atoms with Crippen molar-refractivity contribution in [2.45, 2.75) is 13.0 Å². The number of hydrogen-bond acceptors (Lipinski definition) is 7. The summed E-state index contributed by atoms with van der Waals surface area (Å²) in [5, 5.41) is 13.2. The number of carbonyl (C=O) groups excluding carboxylic acids is 1. The molecule has 7 nitrogen and oxygen atoms in total. The third-order valence-electron chi connectivity index (χ3n) is 5.23. The number of fused-ring (bicyclic) bond motifs is 1. The van der Waals surface area contributed by atoms with Crippen LogP contribution in [-0.4, -0.2) is 65.1 Å². The van der Waals surface area contributed by atoms with Gasteiger partial charge in [-0.3, -0.25) is 9.69 Å². The fourth-order valence-electron chi connectivity index (χ4n) is 3.64. The first-order chi connectivity index (χ1) is 14.1. The molecular weight excluding hydrogens is 390 g/mol. The van der Waals surface area contributed by atoms with Gasteiger partial charge in [-0.1, -0.05) is 23.7 Å². The highest BCUT2D eigenvalue weighted by atomic mass is 35.5. The molecule has 4 rings (SSSR count). The third-order valence-corrected chi connectivity index (χ3v) is 5.46. The van der Waals surface area contributed by atoms with Gasteiger partial charge in [0.25, 0.3) is 0 Å². The second-order valence-electron chi connectivity index (χ2n) is 7.25. The second-order valence-corrected chi connectivity index (χ2v) is 7.68. The summed E-state index contributed by atoms with van der Waals surface area (Å²) in [5.74, 6) is 1.41. The fourth-order valence-corrected chi connectivity index (χ4v) is 3.85. The number of β-amino-alcohol motifs (C(OH)–C–C–N with tert-alkyl or cyclic N) is 1. The molecule has 1 fully saturated rings. The molecule has 2 heterocycles. The van der Waals surface area contributed by atoms with Crippen LogP contribution in [-0.2, 0) is 17.8 Å².